The number of carbonyl (C=O) groups excluding carboxylic acids is 1. The molecule has 0 aliphatic rings. The quantitative estimate of drug-likeness (QED) is 0.556. The zero-order valence-electron chi connectivity index (χ0n) is 15.6. The highest BCUT2D eigenvalue weighted by Gasteiger charge is 2.12. The predicted molar refractivity (Wildman–Crippen MR) is 113 cm³/mol. The summed E-state index contributed by atoms with van der Waals surface area (Å²) in [6, 6.07) is 14.1. The third kappa shape index (κ3) is 5.95. The van der Waals surface area contributed by atoms with Crippen LogP contribution in [0.15, 0.2) is 47.8 Å². The van der Waals surface area contributed by atoms with E-state index in [0.29, 0.717) is 46.7 Å². The van der Waals surface area contributed by atoms with Crippen LogP contribution in [0.3, 0.4) is 0 Å². The Balaban J connectivity index is 1.59. The molecule has 0 bridgehead atoms. The van der Waals surface area contributed by atoms with Crippen LogP contribution >= 0.6 is 22.9 Å². The van der Waals surface area contributed by atoms with Crippen LogP contribution in [0.4, 0.5) is 5.69 Å². The molecule has 1 heterocycles. The summed E-state index contributed by atoms with van der Waals surface area (Å²) in [6.07, 6.45) is 0.111. The van der Waals surface area contributed by atoms with E-state index in [-0.39, 0.29) is 12.3 Å². The van der Waals surface area contributed by atoms with Crippen LogP contribution in [-0.2, 0) is 17.8 Å². The summed E-state index contributed by atoms with van der Waals surface area (Å²) in [5.41, 5.74) is 1.56. The van der Waals surface area contributed by atoms with Crippen molar-refractivity contribution in [2.24, 2.45) is 0 Å². The molecule has 0 atom stereocenters. The number of amides is 1. The topological polar surface area (TPSA) is 84.2 Å². The van der Waals surface area contributed by atoms with Crippen molar-refractivity contribution in [2.75, 3.05) is 11.9 Å². The molecular formula is C21H18ClN3O3S. The fraction of sp³-hybridized carbons (Fsp3) is 0.190. The lowest BCUT2D eigenvalue weighted by atomic mass is 10.2. The maximum Gasteiger partial charge on any atom is 0.230 e. The van der Waals surface area contributed by atoms with Gasteiger partial charge in [-0.1, -0.05) is 11.6 Å². The first-order chi connectivity index (χ1) is 14.1. The van der Waals surface area contributed by atoms with Gasteiger partial charge < -0.3 is 14.8 Å². The molecule has 0 radical (unpaired) electrons. The van der Waals surface area contributed by atoms with Crippen LogP contribution in [0.5, 0.6) is 11.5 Å². The van der Waals surface area contributed by atoms with E-state index in [9.17, 15) is 4.79 Å². The van der Waals surface area contributed by atoms with Gasteiger partial charge in [0, 0.05) is 10.4 Å². The average molecular weight is 428 g/mol. The van der Waals surface area contributed by atoms with E-state index in [4.69, 9.17) is 26.3 Å². The van der Waals surface area contributed by atoms with Gasteiger partial charge in [-0.05, 0) is 49.4 Å². The van der Waals surface area contributed by atoms with Crippen molar-refractivity contribution in [2.45, 2.75) is 20.0 Å². The number of thiazole rings is 1. The molecule has 2 aromatic carbocycles. The molecule has 0 aliphatic carbocycles. The zero-order chi connectivity index (χ0) is 20.6. The normalized spacial score (nSPS) is 10.2. The number of ether oxygens (including phenoxy) is 2. The number of hydrogen-bond donors (Lipinski definition) is 1. The number of carbonyl (C=O) groups is 1. The number of benzene rings is 2. The number of aromatic nitrogens is 1. The third-order valence-corrected chi connectivity index (χ3v) is 4.92. The Kier molecular flexibility index (Phi) is 7.06. The molecule has 0 unspecified atom stereocenters. The average Bonchev–Trinajstić information content (AvgIpc) is 3.16. The van der Waals surface area contributed by atoms with Gasteiger partial charge in [-0.3, -0.25) is 4.79 Å². The monoisotopic (exact) mass is 427 g/mol. The van der Waals surface area contributed by atoms with Crippen LogP contribution in [0, 0.1) is 11.3 Å². The van der Waals surface area contributed by atoms with Gasteiger partial charge in [0.2, 0.25) is 5.91 Å². The summed E-state index contributed by atoms with van der Waals surface area (Å²) >= 11 is 7.28. The van der Waals surface area contributed by atoms with E-state index < -0.39 is 0 Å². The van der Waals surface area contributed by atoms with E-state index in [1.807, 2.05) is 12.3 Å². The van der Waals surface area contributed by atoms with Gasteiger partial charge in [0.25, 0.3) is 0 Å². The fourth-order valence-corrected chi connectivity index (χ4v) is 3.34. The lowest BCUT2D eigenvalue weighted by molar-refractivity contribution is -0.115. The van der Waals surface area contributed by atoms with Gasteiger partial charge in [0.15, 0.2) is 0 Å². The van der Waals surface area contributed by atoms with E-state index in [0.717, 1.165) is 5.01 Å². The summed E-state index contributed by atoms with van der Waals surface area (Å²) in [4.78, 5) is 16.9. The molecule has 1 N–H and O–H groups in total. The smallest absolute Gasteiger partial charge is 0.230 e. The standard InChI is InChI=1S/C21H18ClN3O3S/c1-2-27-19-8-3-14(11-23)9-18(19)25-20(26)10-16-13-29-21(24-16)12-28-17-6-4-15(22)5-7-17/h3-9,13H,2,10,12H2,1H3,(H,25,26). The minimum Gasteiger partial charge on any atom is -0.492 e. The summed E-state index contributed by atoms with van der Waals surface area (Å²) in [5, 5.41) is 15.1. The van der Waals surface area contributed by atoms with Gasteiger partial charge in [0.1, 0.15) is 23.1 Å². The number of anilines is 1. The van der Waals surface area contributed by atoms with Gasteiger partial charge in [-0.25, -0.2) is 4.98 Å². The summed E-state index contributed by atoms with van der Waals surface area (Å²) in [6.45, 7) is 2.62. The van der Waals surface area contributed by atoms with E-state index in [2.05, 4.69) is 16.4 Å². The van der Waals surface area contributed by atoms with Crippen LogP contribution in [0.2, 0.25) is 5.02 Å². The van der Waals surface area contributed by atoms with E-state index in [1.165, 1.54) is 11.3 Å². The molecule has 1 amide bonds. The zero-order valence-corrected chi connectivity index (χ0v) is 17.2. The number of nitrogens with one attached hydrogen (secondary N) is 1. The van der Waals surface area contributed by atoms with Crippen LogP contribution in [0.25, 0.3) is 0 Å². The van der Waals surface area contributed by atoms with Crippen molar-refractivity contribution >= 4 is 34.5 Å². The van der Waals surface area contributed by atoms with Crippen LogP contribution < -0.4 is 14.8 Å². The molecule has 3 rings (SSSR count). The Morgan fingerprint density at radius 3 is 2.76 bits per heavy atom. The molecule has 3 aromatic rings. The van der Waals surface area contributed by atoms with E-state index in [1.54, 1.807) is 42.5 Å². The second kappa shape index (κ2) is 9.92. The van der Waals surface area contributed by atoms with Crippen LogP contribution in [-0.4, -0.2) is 17.5 Å². The fourth-order valence-electron chi connectivity index (χ4n) is 2.51. The first-order valence-electron chi connectivity index (χ1n) is 8.86. The highest BCUT2D eigenvalue weighted by Crippen LogP contribution is 2.26. The number of halogens is 1. The Morgan fingerprint density at radius 1 is 1.24 bits per heavy atom. The largest absolute Gasteiger partial charge is 0.492 e. The van der Waals surface area contributed by atoms with Crippen molar-refractivity contribution in [3.05, 3.63) is 69.1 Å². The predicted octanol–water partition coefficient (Wildman–Crippen LogP) is 4.83. The third-order valence-electron chi connectivity index (χ3n) is 3.80. The van der Waals surface area contributed by atoms with Gasteiger partial charge in [-0.2, -0.15) is 5.26 Å². The van der Waals surface area contributed by atoms with Crippen molar-refractivity contribution in [1.82, 2.24) is 4.98 Å². The molecule has 6 nitrogen and oxygen atoms in total. The number of rotatable bonds is 8. The molecule has 0 fully saturated rings. The van der Waals surface area contributed by atoms with E-state index >= 15 is 0 Å². The molecular weight excluding hydrogens is 410 g/mol. The highest BCUT2D eigenvalue weighted by molar-refractivity contribution is 7.09. The Hall–Kier alpha value is -3.08. The van der Waals surface area contributed by atoms with Crippen molar-refractivity contribution in [1.29, 1.82) is 5.26 Å². The first-order valence-corrected chi connectivity index (χ1v) is 10.1. The second-order valence-corrected chi connectivity index (χ2v) is 7.33. The minimum absolute atomic E-state index is 0.111. The SMILES string of the molecule is CCOc1ccc(C#N)cc1NC(=O)Cc1csc(COc2ccc(Cl)cc2)n1. The van der Waals surface area contributed by atoms with Gasteiger partial charge in [-0.15, -0.1) is 11.3 Å². The Bertz CT molecular complexity index is 1030. The summed E-state index contributed by atoms with van der Waals surface area (Å²) < 4.78 is 11.2. The molecule has 0 saturated heterocycles. The molecule has 1 aromatic heterocycles. The lowest BCUT2D eigenvalue weighted by Gasteiger charge is -2.11. The maximum absolute atomic E-state index is 12.4. The van der Waals surface area contributed by atoms with Crippen molar-refractivity contribution in [3.63, 3.8) is 0 Å². The summed E-state index contributed by atoms with van der Waals surface area (Å²) in [7, 11) is 0. The first kappa shape index (κ1) is 20.6. The molecule has 0 aliphatic heterocycles. The van der Waals surface area contributed by atoms with Crippen LogP contribution in [0.1, 0.15) is 23.2 Å². The number of nitrogens with zero attached hydrogens (tertiary/aromatic N) is 2. The molecule has 0 saturated carbocycles. The van der Waals surface area contributed by atoms with Gasteiger partial charge in [0.05, 0.1) is 36.0 Å². The van der Waals surface area contributed by atoms with Crippen molar-refractivity contribution in [3.8, 4) is 17.6 Å². The minimum atomic E-state index is -0.239. The molecule has 0 spiro atoms. The lowest BCUT2D eigenvalue weighted by Crippen LogP contribution is -2.15. The Labute approximate surface area is 177 Å². The molecule has 29 heavy (non-hydrogen) atoms. The maximum atomic E-state index is 12.4. The summed E-state index contributed by atoms with van der Waals surface area (Å²) in [5.74, 6) is 0.983. The second-order valence-electron chi connectivity index (χ2n) is 5.96. The Morgan fingerprint density at radius 2 is 2.03 bits per heavy atom. The highest BCUT2D eigenvalue weighted by atomic mass is 35.5. The van der Waals surface area contributed by atoms with Gasteiger partial charge >= 0.3 is 0 Å². The molecule has 8 heteroatoms. The number of nitriles is 1. The van der Waals surface area contributed by atoms with Crippen molar-refractivity contribution < 1.29 is 14.3 Å². The number of hydrogen-bond acceptors (Lipinski definition) is 6. The molecule has 148 valence electrons.